The second kappa shape index (κ2) is 10.3. The molecule has 0 radical (unpaired) electrons. The Morgan fingerprint density at radius 3 is 2.96 bits per heavy atom. The van der Waals surface area contributed by atoms with Crippen LogP contribution < -0.4 is 10.6 Å². The molecule has 3 heterocycles. The third-order valence-electron chi connectivity index (χ3n) is 5.14. The van der Waals surface area contributed by atoms with Crippen molar-refractivity contribution in [1.82, 2.24) is 20.4 Å². The van der Waals surface area contributed by atoms with Crippen molar-refractivity contribution in [3.63, 3.8) is 0 Å². The number of aliphatic imine (C=N–C) groups is 1. The van der Waals surface area contributed by atoms with Gasteiger partial charge in [0.05, 0.1) is 19.8 Å². The molecule has 1 saturated heterocycles. The van der Waals surface area contributed by atoms with Crippen LogP contribution in [0.25, 0.3) is 0 Å². The second-order valence-corrected chi connectivity index (χ2v) is 8.04. The molecule has 1 aromatic heterocycles. The Bertz CT molecular complexity index is 570. The number of nitrogens with one attached hydrogen (secondary N) is 2. The number of thiophene rings is 1. The SMILES string of the molecule is CCNC(=NCC(C)N1CCc2sccc2C1)NCCN1CCOCC1. The fourth-order valence-corrected chi connectivity index (χ4v) is 4.37. The van der Waals surface area contributed by atoms with Gasteiger partial charge in [0.2, 0.25) is 0 Å². The van der Waals surface area contributed by atoms with Crippen LogP contribution in [-0.4, -0.2) is 80.8 Å². The van der Waals surface area contributed by atoms with E-state index in [0.717, 1.165) is 71.5 Å². The molecular weight excluding hydrogens is 346 g/mol. The van der Waals surface area contributed by atoms with Gasteiger partial charge in [-0.3, -0.25) is 14.8 Å². The molecule has 0 bridgehead atoms. The van der Waals surface area contributed by atoms with Gasteiger partial charge in [0.15, 0.2) is 5.96 Å². The molecule has 2 aliphatic heterocycles. The van der Waals surface area contributed by atoms with Crippen molar-refractivity contribution in [2.75, 3.05) is 59.0 Å². The first-order valence-corrected chi connectivity index (χ1v) is 10.8. The molecule has 3 rings (SSSR count). The maximum Gasteiger partial charge on any atom is 0.191 e. The molecular formula is C19H33N5OS. The Morgan fingerprint density at radius 2 is 2.15 bits per heavy atom. The second-order valence-electron chi connectivity index (χ2n) is 7.04. The highest BCUT2D eigenvalue weighted by atomic mass is 32.1. The van der Waals surface area contributed by atoms with Gasteiger partial charge in [-0.25, -0.2) is 0 Å². The highest BCUT2D eigenvalue weighted by Crippen LogP contribution is 2.25. The topological polar surface area (TPSA) is 52.1 Å². The Kier molecular flexibility index (Phi) is 7.73. The molecule has 0 amide bonds. The maximum atomic E-state index is 5.40. The zero-order valence-electron chi connectivity index (χ0n) is 16.2. The zero-order chi connectivity index (χ0) is 18.2. The summed E-state index contributed by atoms with van der Waals surface area (Å²) in [4.78, 5) is 11.4. The predicted molar refractivity (Wildman–Crippen MR) is 109 cm³/mol. The molecule has 0 saturated carbocycles. The van der Waals surface area contributed by atoms with Crippen LogP contribution in [0.2, 0.25) is 0 Å². The van der Waals surface area contributed by atoms with Crippen LogP contribution in [0.15, 0.2) is 16.4 Å². The minimum absolute atomic E-state index is 0.456. The van der Waals surface area contributed by atoms with Gasteiger partial charge in [-0.05, 0) is 37.3 Å². The van der Waals surface area contributed by atoms with E-state index >= 15 is 0 Å². The average molecular weight is 380 g/mol. The lowest BCUT2D eigenvalue weighted by Crippen LogP contribution is -2.45. The number of fused-ring (bicyclic) bond motifs is 1. The first-order chi connectivity index (χ1) is 12.8. The summed E-state index contributed by atoms with van der Waals surface area (Å²) in [5.74, 6) is 0.931. The van der Waals surface area contributed by atoms with E-state index in [4.69, 9.17) is 9.73 Å². The van der Waals surface area contributed by atoms with Gasteiger partial charge in [-0.15, -0.1) is 11.3 Å². The number of ether oxygens (including phenoxy) is 1. The van der Waals surface area contributed by atoms with Crippen LogP contribution in [0, 0.1) is 0 Å². The Labute approximate surface area is 161 Å². The van der Waals surface area contributed by atoms with Crippen LogP contribution in [0.5, 0.6) is 0 Å². The smallest absolute Gasteiger partial charge is 0.191 e. The summed E-state index contributed by atoms with van der Waals surface area (Å²) in [6.45, 7) is 14.1. The Balaban J connectivity index is 1.44. The van der Waals surface area contributed by atoms with Gasteiger partial charge >= 0.3 is 0 Å². The van der Waals surface area contributed by atoms with Crippen LogP contribution in [0.3, 0.4) is 0 Å². The summed E-state index contributed by atoms with van der Waals surface area (Å²) in [6.07, 6.45) is 1.18. The molecule has 146 valence electrons. The third-order valence-corrected chi connectivity index (χ3v) is 6.17. The van der Waals surface area contributed by atoms with Crippen LogP contribution >= 0.6 is 11.3 Å². The number of morpholine rings is 1. The number of hydrogen-bond donors (Lipinski definition) is 2. The normalized spacial score (nSPS) is 20.6. The summed E-state index contributed by atoms with van der Waals surface area (Å²) in [5, 5.41) is 9.07. The molecule has 0 aromatic carbocycles. The lowest BCUT2D eigenvalue weighted by molar-refractivity contribution is 0.0389. The standard InChI is InChI=1S/C19H33N5OS/c1-3-20-19(21-6-8-23-9-11-25-12-10-23)22-14-16(2)24-7-4-18-17(15-24)5-13-26-18/h5,13,16H,3-4,6-12,14-15H2,1-2H3,(H2,20,21,22). The van der Waals surface area contributed by atoms with Gasteiger partial charge in [0.25, 0.3) is 0 Å². The van der Waals surface area contributed by atoms with Crippen molar-refractivity contribution >= 4 is 17.3 Å². The third kappa shape index (κ3) is 5.67. The van der Waals surface area contributed by atoms with Gasteiger partial charge in [0, 0.05) is 56.7 Å². The molecule has 0 aliphatic carbocycles. The average Bonchev–Trinajstić information content (AvgIpc) is 3.14. The van der Waals surface area contributed by atoms with E-state index in [1.165, 1.54) is 12.0 Å². The molecule has 1 unspecified atom stereocenters. The van der Waals surface area contributed by atoms with Gasteiger partial charge in [-0.1, -0.05) is 0 Å². The van der Waals surface area contributed by atoms with Crippen molar-refractivity contribution in [2.24, 2.45) is 4.99 Å². The zero-order valence-corrected chi connectivity index (χ0v) is 17.0. The number of hydrogen-bond acceptors (Lipinski definition) is 5. The van der Waals surface area contributed by atoms with E-state index in [-0.39, 0.29) is 0 Å². The minimum atomic E-state index is 0.456. The number of rotatable bonds is 7. The van der Waals surface area contributed by atoms with Crippen LogP contribution in [-0.2, 0) is 17.7 Å². The molecule has 7 heteroatoms. The molecule has 6 nitrogen and oxygen atoms in total. The van der Waals surface area contributed by atoms with E-state index in [9.17, 15) is 0 Å². The van der Waals surface area contributed by atoms with Crippen molar-refractivity contribution < 1.29 is 4.74 Å². The lowest BCUT2D eigenvalue weighted by atomic mass is 10.1. The van der Waals surface area contributed by atoms with E-state index in [1.807, 2.05) is 11.3 Å². The maximum absolute atomic E-state index is 5.40. The van der Waals surface area contributed by atoms with E-state index < -0.39 is 0 Å². The quantitative estimate of drug-likeness (QED) is 0.554. The predicted octanol–water partition coefficient (Wildman–Crippen LogP) is 1.38. The van der Waals surface area contributed by atoms with Crippen molar-refractivity contribution in [1.29, 1.82) is 0 Å². The fraction of sp³-hybridized carbons (Fsp3) is 0.737. The molecule has 2 N–H and O–H groups in total. The van der Waals surface area contributed by atoms with Crippen molar-refractivity contribution in [2.45, 2.75) is 32.9 Å². The van der Waals surface area contributed by atoms with E-state index in [2.05, 4.69) is 45.7 Å². The highest BCUT2D eigenvalue weighted by molar-refractivity contribution is 7.10. The summed E-state index contributed by atoms with van der Waals surface area (Å²) < 4.78 is 5.40. The van der Waals surface area contributed by atoms with Crippen molar-refractivity contribution in [3.05, 3.63) is 21.9 Å². The Hall–Kier alpha value is -1.15. The Morgan fingerprint density at radius 1 is 1.31 bits per heavy atom. The molecule has 1 atom stereocenters. The summed E-state index contributed by atoms with van der Waals surface area (Å²) in [5.41, 5.74) is 1.51. The largest absolute Gasteiger partial charge is 0.379 e. The van der Waals surface area contributed by atoms with Gasteiger partial charge < -0.3 is 15.4 Å². The van der Waals surface area contributed by atoms with E-state index in [1.54, 1.807) is 4.88 Å². The van der Waals surface area contributed by atoms with Gasteiger partial charge in [0.1, 0.15) is 0 Å². The highest BCUT2D eigenvalue weighted by Gasteiger charge is 2.21. The summed E-state index contributed by atoms with van der Waals surface area (Å²) in [6, 6.07) is 2.73. The lowest BCUT2D eigenvalue weighted by Gasteiger charge is -2.31. The molecule has 26 heavy (non-hydrogen) atoms. The summed E-state index contributed by atoms with van der Waals surface area (Å²) in [7, 11) is 0. The minimum Gasteiger partial charge on any atom is -0.379 e. The summed E-state index contributed by atoms with van der Waals surface area (Å²) >= 11 is 1.90. The molecule has 1 aromatic rings. The molecule has 0 spiro atoms. The van der Waals surface area contributed by atoms with Crippen LogP contribution in [0.4, 0.5) is 0 Å². The number of nitrogens with zero attached hydrogens (tertiary/aromatic N) is 3. The molecule has 2 aliphatic rings. The van der Waals surface area contributed by atoms with Crippen molar-refractivity contribution in [3.8, 4) is 0 Å². The number of guanidine groups is 1. The van der Waals surface area contributed by atoms with E-state index in [0.29, 0.717) is 6.04 Å². The van der Waals surface area contributed by atoms with Crippen LogP contribution in [0.1, 0.15) is 24.3 Å². The first kappa shape index (κ1) is 19.6. The monoisotopic (exact) mass is 379 g/mol. The van der Waals surface area contributed by atoms with Gasteiger partial charge in [-0.2, -0.15) is 0 Å². The first-order valence-electron chi connectivity index (χ1n) is 9.88. The fourth-order valence-electron chi connectivity index (χ4n) is 3.48. The molecule has 1 fully saturated rings.